The van der Waals surface area contributed by atoms with E-state index < -0.39 is 13.2 Å². The summed E-state index contributed by atoms with van der Waals surface area (Å²) < 4.78 is 43.6. The molecule has 0 radical (unpaired) electrons. The number of rotatable bonds is 5. The smallest absolute Gasteiger partial charge is 0.114 e. The van der Waals surface area contributed by atoms with Gasteiger partial charge in [0.15, 0.2) is 0 Å². The second-order valence-electron chi connectivity index (χ2n) is 11.9. The molecule has 0 spiro atoms. The van der Waals surface area contributed by atoms with Gasteiger partial charge in [0.2, 0.25) is 0 Å². The van der Waals surface area contributed by atoms with Crippen molar-refractivity contribution >= 4 is 43.4 Å². The first-order valence-corrected chi connectivity index (χ1v) is 15.8. The summed E-state index contributed by atoms with van der Waals surface area (Å²) in [5.74, 6) is -0.149. The van der Waals surface area contributed by atoms with Gasteiger partial charge in [-0.05, 0) is 84.6 Å². The Bertz CT molecular complexity index is 2760. The lowest BCUT2D eigenvalue weighted by atomic mass is 9.84. The fraction of sp³-hybridized carbons (Fsp3) is 0.0444. The Balaban J connectivity index is 1.33. The zero-order chi connectivity index (χ0) is 35.6. The first-order valence-electron chi connectivity index (χ1n) is 18.3. The number of hydrogen-bond acceptors (Lipinski definition) is 1. The van der Waals surface area contributed by atoms with Crippen molar-refractivity contribution in [3.63, 3.8) is 0 Å². The molecule has 1 heterocycles. The zero-order valence-electron chi connectivity index (χ0n) is 30.5. The van der Waals surface area contributed by atoms with E-state index in [9.17, 15) is 0 Å². The minimum atomic E-state index is -2.93. The van der Waals surface area contributed by atoms with Crippen molar-refractivity contribution in [3.05, 3.63) is 170 Å². The number of nitrogens with zero attached hydrogens (tertiary/aromatic N) is 2. The average molecular weight is 606 g/mol. The Morgan fingerprint density at radius 1 is 0.511 bits per heavy atom. The highest BCUT2D eigenvalue weighted by atomic mass is 15.1. The number of para-hydroxylation sites is 2. The van der Waals surface area contributed by atoms with Gasteiger partial charge in [0.25, 0.3) is 0 Å². The highest BCUT2D eigenvalue weighted by Crippen LogP contribution is 2.46. The summed E-state index contributed by atoms with van der Waals surface area (Å²) in [6.07, 6.45) is -2.70. The van der Waals surface area contributed by atoms with Crippen molar-refractivity contribution in [1.82, 2.24) is 9.55 Å². The predicted octanol–water partition coefficient (Wildman–Crippen LogP) is 12.0. The predicted molar refractivity (Wildman–Crippen MR) is 199 cm³/mol. The second kappa shape index (κ2) is 11.1. The van der Waals surface area contributed by atoms with E-state index in [4.69, 9.17) is 6.85 Å². The fourth-order valence-electron chi connectivity index (χ4n) is 7.26. The maximum absolute atomic E-state index is 8.78. The van der Waals surface area contributed by atoms with Crippen molar-refractivity contribution < 1.29 is 6.85 Å². The molecule has 0 aliphatic heterocycles. The summed E-state index contributed by atoms with van der Waals surface area (Å²) in [5, 5.41) is 6.34. The Labute approximate surface area is 281 Å². The summed E-state index contributed by atoms with van der Waals surface area (Å²) in [7, 11) is 0. The van der Waals surface area contributed by atoms with Gasteiger partial charge in [0, 0.05) is 18.6 Å². The summed E-state index contributed by atoms with van der Waals surface area (Å²) in [4.78, 5) is 4.59. The molecule has 0 N–H and O–H groups in total. The minimum Gasteiger partial charge on any atom is -0.296 e. The first-order chi connectivity index (χ1) is 25.2. The van der Waals surface area contributed by atoms with Gasteiger partial charge in [-0.1, -0.05) is 146 Å². The van der Waals surface area contributed by atoms with Crippen molar-refractivity contribution in [2.24, 2.45) is 0 Å². The third kappa shape index (κ3) is 4.37. The van der Waals surface area contributed by atoms with Crippen molar-refractivity contribution in [1.29, 1.82) is 0 Å². The number of aromatic nitrogens is 2. The van der Waals surface area contributed by atoms with Gasteiger partial charge in [0.05, 0.1) is 16.7 Å². The van der Waals surface area contributed by atoms with E-state index in [1.165, 1.54) is 11.1 Å². The molecule has 9 rings (SSSR count). The summed E-state index contributed by atoms with van der Waals surface area (Å²) in [6, 6.07) is 55.8. The molecule has 0 aliphatic carbocycles. The number of hydrogen-bond donors (Lipinski definition) is 0. The Morgan fingerprint density at radius 2 is 1.09 bits per heavy atom. The third-order valence-corrected chi connectivity index (χ3v) is 9.27. The van der Waals surface area contributed by atoms with E-state index in [2.05, 4.69) is 114 Å². The standard InChI is InChI=1S/C45H32N2/c1-2-43-46-40-25-12-13-26-42(40)47(43)41-28-27-39(33-19-6-7-20-34(33)41)45-37-23-10-8-21-35(37)44(36-22-9-11-24-38(36)45)32-18-14-17-31(29-32)30-15-4-3-5-16-30/h3-29H,2H2,1H3/i1D3,2D2. The third-order valence-electron chi connectivity index (χ3n) is 9.27. The molecule has 0 amide bonds. The molecule has 0 unspecified atom stereocenters. The molecule has 0 saturated carbocycles. The summed E-state index contributed by atoms with van der Waals surface area (Å²) >= 11 is 0. The highest BCUT2D eigenvalue weighted by Gasteiger charge is 2.20. The highest BCUT2D eigenvalue weighted by molar-refractivity contribution is 6.24. The van der Waals surface area contributed by atoms with Gasteiger partial charge in [0.1, 0.15) is 5.82 Å². The SMILES string of the molecule is [2H]C([2H])([2H])C([2H])([2H])c1nc2ccccc2n1-c1ccc(-c2c3ccccc3c(-c3cccc(-c4ccccc4)c3)c3ccccc23)c2ccccc12. The van der Waals surface area contributed by atoms with Crippen LogP contribution < -0.4 is 0 Å². The van der Waals surface area contributed by atoms with Crippen molar-refractivity contribution in [2.75, 3.05) is 0 Å². The van der Waals surface area contributed by atoms with Gasteiger partial charge >= 0.3 is 0 Å². The van der Waals surface area contributed by atoms with E-state index in [0.29, 0.717) is 16.7 Å². The maximum atomic E-state index is 8.78. The maximum Gasteiger partial charge on any atom is 0.114 e. The molecular formula is C45H32N2. The van der Waals surface area contributed by atoms with Crippen molar-refractivity contribution in [2.45, 2.75) is 13.2 Å². The lowest BCUT2D eigenvalue weighted by Crippen LogP contribution is -2.01. The van der Waals surface area contributed by atoms with Gasteiger partial charge in [-0.3, -0.25) is 4.57 Å². The molecule has 222 valence electrons. The molecule has 1 aromatic heterocycles. The molecule has 8 aromatic carbocycles. The largest absolute Gasteiger partial charge is 0.296 e. The molecule has 9 aromatic rings. The first kappa shape index (κ1) is 22.5. The van der Waals surface area contributed by atoms with Gasteiger partial charge < -0.3 is 0 Å². The average Bonchev–Trinajstić information content (AvgIpc) is 3.57. The van der Waals surface area contributed by atoms with E-state index in [1.807, 2.05) is 48.5 Å². The number of fused-ring (bicyclic) bond motifs is 4. The normalized spacial score (nSPS) is 13.7. The molecule has 0 atom stereocenters. The summed E-state index contributed by atoms with van der Waals surface area (Å²) in [6.45, 7) is -2.93. The van der Waals surface area contributed by atoms with Crippen LogP contribution in [0, 0.1) is 0 Å². The quantitative estimate of drug-likeness (QED) is 0.178. The van der Waals surface area contributed by atoms with Crippen LogP contribution in [0.3, 0.4) is 0 Å². The lowest BCUT2D eigenvalue weighted by molar-refractivity contribution is 0.913. The minimum absolute atomic E-state index is 0.149. The molecule has 0 bridgehead atoms. The van der Waals surface area contributed by atoms with E-state index in [0.717, 1.165) is 54.6 Å². The summed E-state index contributed by atoms with van der Waals surface area (Å²) in [5.41, 5.74) is 8.61. The van der Waals surface area contributed by atoms with E-state index >= 15 is 0 Å². The van der Waals surface area contributed by atoms with Crippen LogP contribution in [0.4, 0.5) is 0 Å². The van der Waals surface area contributed by atoms with Crippen LogP contribution in [0.2, 0.25) is 0 Å². The topological polar surface area (TPSA) is 17.8 Å². The number of benzene rings is 8. The molecule has 47 heavy (non-hydrogen) atoms. The fourth-order valence-corrected chi connectivity index (χ4v) is 7.26. The van der Waals surface area contributed by atoms with Crippen LogP contribution in [0.25, 0.3) is 82.4 Å². The molecule has 2 heteroatoms. The van der Waals surface area contributed by atoms with Gasteiger partial charge in [-0.25, -0.2) is 4.98 Å². The second-order valence-corrected chi connectivity index (χ2v) is 11.9. The number of imidazole rings is 1. The van der Waals surface area contributed by atoms with E-state index in [1.54, 1.807) is 10.6 Å². The molecule has 0 aliphatic rings. The molecule has 0 fully saturated rings. The van der Waals surface area contributed by atoms with Crippen LogP contribution in [0.5, 0.6) is 0 Å². The van der Waals surface area contributed by atoms with Crippen LogP contribution in [-0.4, -0.2) is 9.55 Å². The monoisotopic (exact) mass is 605 g/mol. The Hall–Kier alpha value is -5.99. The van der Waals surface area contributed by atoms with Gasteiger partial charge in [-0.2, -0.15) is 0 Å². The Morgan fingerprint density at radius 3 is 1.81 bits per heavy atom. The molecular weight excluding hydrogens is 569 g/mol. The zero-order valence-corrected chi connectivity index (χ0v) is 25.5. The van der Waals surface area contributed by atoms with Crippen LogP contribution in [-0.2, 0) is 6.37 Å². The van der Waals surface area contributed by atoms with Crippen LogP contribution >= 0.6 is 0 Å². The van der Waals surface area contributed by atoms with Gasteiger partial charge in [-0.15, -0.1) is 0 Å². The van der Waals surface area contributed by atoms with E-state index in [-0.39, 0.29) is 5.82 Å². The number of aryl methyl sites for hydroxylation is 1. The lowest BCUT2D eigenvalue weighted by Gasteiger charge is -2.20. The molecule has 2 nitrogen and oxygen atoms in total. The van der Waals surface area contributed by atoms with Crippen molar-refractivity contribution in [3.8, 4) is 39.1 Å². The van der Waals surface area contributed by atoms with Crippen LogP contribution in [0.15, 0.2) is 164 Å². The Kier molecular flexibility index (Phi) is 5.32. The molecule has 0 saturated heterocycles. The van der Waals surface area contributed by atoms with Crippen LogP contribution in [0.1, 0.15) is 19.5 Å².